The Bertz CT molecular complexity index is 620. The fraction of sp³-hybridized carbons (Fsp3) is 0.154. The van der Waals surface area contributed by atoms with Crippen molar-refractivity contribution in [1.82, 2.24) is 0 Å². The molecule has 1 aliphatic heterocycles. The largest absolute Gasteiger partial charge is 0.416 e. The third-order valence-electron chi connectivity index (χ3n) is 2.96. The van der Waals surface area contributed by atoms with Crippen LogP contribution >= 0.6 is 0 Å². The lowest BCUT2D eigenvalue weighted by molar-refractivity contribution is -0.0883. The Morgan fingerprint density at radius 1 is 1.17 bits per heavy atom. The van der Waals surface area contributed by atoms with Crippen LogP contribution in [0.25, 0.3) is 5.57 Å². The molecule has 1 aliphatic carbocycles. The summed E-state index contributed by atoms with van der Waals surface area (Å²) in [7, 11) is 0. The summed E-state index contributed by atoms with van der Waals surface area (Å²) in [6.07, 6.45) is -2.06. The zero-order valence-electron chi connectivity index (χ0n) is 9.05. The molecule has 18 heavy (non-hydrogen) atoms. The Morgan fingerprint density at radius 3 is 2.67 bits per heavy atom. The molecule has 1 nitrogen and oxygen atoms in total. The average molecular weight is 253 g/mol. The SMILES string of the molecule is Fc1ccc2c(c1)N=C1CC=C(C(F)(F)F)C=C12. The summed E-state index contributed by atoms with van der Waals surface area (Å²) in [6, 6.07) is 3.92. The van der Waals surface area contributed by atoms with Gasteiger partial charge in [-0.25, -0.2) is 4.39 Å². The van der Waals surface area contributed by atoms with Gasteiger partial charge in [0.2, 0.25) is 0 Å². The van der Waals surface area contributed by atoms with Gasteiger partial charge < -0.3 is 0 Å². The van der Waals surface area contributed by atoms with Crippen LogP contribution in [0.15, 0.2) is 40.9 Å². The van der Waals surface area contributed by atoms with Crippen molar-refractivity contribution in [3.05, 3.63) is 47.3 Å². The summed E-state index contributed by atoms with van der Waals surface area (Å²) in [6.45, 7) is 0. The summed E-state index contributed by atoms with van der Waals surface area (Å²) < 4.78 is 50.9. The van der Waals surface area contributed by atoms with Crippen molar-refractivity contribution in [1.29, 1.82) is 0 Å². The fourth-order valence-electron chi connectivity index (χ4n) is 2.12. The topological polar surface area (TPSA) is 12.4 Å². The van der Waals surface area contributed by atoms with E-state index in [1.54, 1.807) is 0 Å². The first-order chi connectivity index (χ1) is 8.45. The highest BCUT2D eigenvalue weighted by Crippen LogP contribution is 2.41. The van der Waals surface area contributed by atoms with Crippen LogP contribution in [0.3, 0.4) is 0 Å². The van der Waals surface area contributed by atoms with Crippen LogP contribution in [0.1, 0.15) is 12.0 Å². The number of allylic oxidation sites excluding steroid dienone is 4. The molecule has 0 unspecified atom stereocenters. The van der Waals surface area contributed by atoms with E-state index in [0.717, 1.165) is 12.2 Å². The van der Waals surface area contributed by atoms with E-state index in [9.17, 15) is 17.6 Å². The second kappa shape index (κ2) is 3.54. The Morgan fingerprint density at radius 2 is 1.94 bits per heavy atom. The first-order valence-corrected chi connectivity index (χ1v) is 5.32. The number of fused-ring (bicyclic) bond motifs is 3. The van der Waals surface area contributed by atoms with Crippen LogP contribution in [0.2, 0.25) is 0 Å². The molecular weight excluding hydrogens is 246 g/mol. The van der Waals surface area contributed by atoms with Gasteiger partial charge in [0, 0.05) is 23.6 Å². The van der Waals surface area contributed by atoms with Gasteiger partial charge in [0.25, 0.3) is 0 Å². The lowest BCUT2D eigenvalue weighted by Gasteiger charge is -2.14. The number of halogens is 4. The molecule has 0 amide bonds. The number of benzene rings is 1. The maximum Gasteiger partial charge on any atom is 0.416 e. The maximum absolute atomic E-state index is 13.0. The number of aliphatic imine (C=N–C) groups is 1. The van der Waals surface area contributed by atoms with Gasteiger partial charge in [-0.1, -0.05) is 6.08 Å². The standard InChI is InChI=1S/C13H7F4N/c14-8-2-3-9-10-5-7(13(15,16)17)1-4-11(10)18-12(9)6-8/h1-3,5-6H,4H2. The van der Waals surface area contributed by atoms with E-state index in [2.05, 4.69) is 4.99 Å². The molecule has 0 saturated carbocycles. The van der Waals surface area contributed by atoms with Crippen molar-refractivity contribution >= 4 is 17.0 Å². The number of hydrogen-bond donors (Lipinski definition) is 0. The van der Waals surface area contributed by atoms with E-state index in [4.69, 9.17) is 0 Å². The first kappa shape index (κ1) is 11.2. The third kappa shape index (κ3) is 1.66. The normalized spacial score (nSPS) is 17.7. The third-order valence-corrected chi connectivity index (χ3v) is 2.96. The highest BCUT2D eigenvalue weighted by atomic mass is 19.4. The van der Waals surface area contributed by atoms with Crippen LogP contribution in [0.4, 0.5) is 23.2 Å². The minimum atomic E-state index is -4.36. The van der Waals surface area contributed by atoms with Gasteiger partial charge in [-0.3, -0.25) is 4.99 Å². The molecule has 2 aliphatic rings. The lowest BCUT2D eigenvalue weighted by Crippen LogP contribution is -2.14. The van der Waals surface area contributed by atoms with Crippen LogP contribution in [-0.2, 0) is 0 Å². The molecule has 0 saturated heterocycles. The number of rotatable bonds is 0. The maximum atomic E-state index is 13.0. The van der Waals surface area contributed by atoms with E-state index in [-0.39, 0.29) is 6.42 Å². The smallest absolute Gasteiger partial charge is 0.252 e. The molecule has 5 heteroatoms. The van der Waals surface area contributed by atoms with Crippen LogP contribution < -0.4 is 0 Å². The molecule has 0 fully saturated rings. The average Bonchev–Trinajstić information content (AvgIpc) is 2.63. The second-order valence-corrected chi connectivity index (χ2v) is 4.14. The van der Waals surface area contributed by atoms with Gasteiger partial charge in [0.05, 0.1) is 17.0 Å². The van der Waals surface area contributed by atoms with Crippen molar-refractivity contribution < 1.29 is 17.6 Å². The van der Waals surface area contributed by atoms with E-state index >= 15 is 0 Å². The van der Waals surface area contributed by atoms with Crippen molar-refractivity contribution in [2.45, 2.75) is 12.6 Å². The molecule has 0 spiro atoms. The Kier molecular flexibility index (Phi) is 2.20. The summed E-state index contributed by atoms with van der Waals surface area (Å²) in [5.41, 5.74) is 1.28. The summed E-state index contributed by atoms with van der Waals surface area (Å²) >= 11 is 0. The molecule has 3 rings (SSSR count). The molecule has 1 aromatic carbocycles. The second-order valence-electron chi connectivity index (χ2n) is 4.14. The van der Waals surface area contributed by atoms with Crippen molar-refractivity contribution in [3.63, 3.8) is 0 Å². The molecule has 1 aromatic rings. The highest BCUT2D eigenvalue weighted by molar-refractivity contribution is 6.30. The summed E-state index contributed by atoms with van der Waals surface area (Å²) in [5.74, 6) is -0.443. The predicted octanol–water partition coefficient (Wildman–Crippen LogP) is 4.19. The van der Waals surface area contributed by atoms with Gasteiger partial charge in [0.1, 0.15) is 5.82 Å². The molecule has 0 aromatic heterocycles. The minimum absolute atomic E-state index is 0.122. The molecule has 0 bridgehead atoms. The van der Waals surface area contributed by atoms with Crippen LogP contribution in [0, 0.1) is 5.82 Å². The quantitative estimate of drug-likeness (QED) is 0.615. The molecule has 0 radical (unpaired) electrons. The van der Waals surface area contributed by atoms with Gasteiger partial charge in [-0.05, 0) is 18.2 Å². The van der Waals surface area contributed by atoms with Crippen molar-refractivity contribution in [3.8, 4) is 0 Å². The van der Waals surface area contributed by atoms with Crippen molar-refractivity contribution in [2.24, 2.45) is 4.99 Å². The molecule has 1 heterocycles. The van der Waals surface area contributed by atoms with Crippen LogP contribution in [0.5, 0.6) is 0 Å². The van der Waals surface area contributed by atoms with Gasteiger partial charge in [0.15, 0.2) is 0 Å². The monoisotopic (exact) mass is 253 g/mol. The van der Waals surface area contributed by atoms with E-state index in [1.165, 1.54) is 18.2 Å². The minimum Gasteiger partial charge on any atom is -0.252 e. The lowest BCUT2D eigenvalue weighted by atomic mass is 9.93. The molecular formula is C13H7F4N. The molecule has 92 valence electrons. The predicted molar refractivity (Wildman–Crippen MR) is 60.2 cm³/mol. The Labute approximate surface area is 100 Å². The molecule has 0 atom stereocenters. The summed E-state index contributed by atoms with van der Waals surface area (Å²) in [4.78, 5) is 4.15. The van der Waals surface area contributed by atoms with Gasteiger partial charge in [-0.15, -0.1) is 0 Å². The van der Waals surface area contributed by atoms with Crippen molar-refractivity contribution in [2.75, 3.05) is 0 Å². The Hall–Kier alpha value is -1.91. The molecule has 0 N–H and O–H groups in total. The van der Waals surface area contributed by atoms with Gasteiger partial charge >= 0.3 is 6.18 Å². The first-order valence-electron chi connectivity index (χ1n) is 5.32. The fourth-order valence-corrected chi connectivity index (χ4v) is 2.12. The Balaban J connectivity index is 2.10. The number of hydrogen-bond acceptors (Lipinski definition) is 1. The zero-order valence-corrected chi connectivity index (χ0v) is 9.05. The summed E-state index contributed by atoms with van der Waals surface area (Å²) in [5, 5.41) is 0. The zero-order chi connectivity index (χ0) is 12.9. The van der Waals surface area contributed by atoms with E-state index in [1.807, 2.05) is 0 Å². The van der Waals surface area contributed by atoms with Crippen LogP contribution in [-0.4, -0.2) is 11.9 Å². The van der Waals surface area contributed by atoms with E-state index < -0.39 is 17.6 Å². The van der Waals surface area contributed by atoms with E-state index in [0.29, 0.717) is 22.5 Å². The highest BCUT2D eigenvalue weighted by Gasteiger charge is 2.35. The number of alkyl halides is 3. The van der Waals surface area contributed by atoms with Gasteiger partial charge in [-0.2, -0.15) is 13.2 Å². The number of nitrogens with zero attached hydrogens (tertiary/aromatic N) is 1.